The molecule has 0 N–H and O–H groups in total. The fourth-order valence-corrected chi connectivity index (χ4v) is 2.66. The van der Waals surface area contributed by atoms with E-state index in [1.807, 2.05) is 0 Å². The van der Waals surface area contributed by atoms with Gasteiger partial charge in [0.1, 0.15) is 5.75 Å². The average Bonchev–Trinajstić information content (AvgIpc) is 2.83. The van der Waals surface area contributed by atoms with Crippen LogP contribution in [0.3, 0.4) is 0 Å². The van der Waals surface area contributed by atoms with E-state index >= 15 is 0 Å². The lowest BCUT2D eigenvalue weighted by Crippen LogP contribution is -2.09. The number of carbonyl (C=O) groups is 1. The van der Waals surface area contributed by atoms with Crippen molar-refractivity contribution in [2.75, 3.05) is 6.61 Å². The molecule has 0 amide bonds. The Kier molecular flexibility index (Phi) is 4.28. The lowest BCUT2D eigenvalue weighted by atomic mass is 10.3. The Morgan fingerprint density at radius 1 is 1.26 bits per heavy atom. The van der Waals surface area contributed by atoms with Crippen LogP contribution in [0.1, 0.15) is 9.67 Å². The second-order valence-corrected chi connectivity index (χ2v) is 6.03. The number of hydrogen-bond donors (Lipinski definition) is 0. The number of thiophene rings is 1. The lowest BCUT2D eigenvalue weighted by molar-refractivity contribution is -0.384. The lowest BCUT2D eigenvalue weighted by Gasteiger charge is -2.03. The maximum Gasteiger partial charge on any atom is 0.269 e. The van der Waals surface area contributed by atoms with Crippen molar-refractivity contribution in [3.8, 4) is 5.75 Å². The van der Waals surface area contributed by atoms with E-state index in [1.54, 1.807) is 12.1 Å². The summed E-state index contributed by atoms with van der Waals surface area (Å²) in [6.45, 7) is -0.0925. The van der Waals surface area contributed by atoms with E-state index in [-0.39, 0.29) is 18.1 Å². The summed E-state index contributed by atoms with van der Waals surface area (Å²) >= 11 is 4.61. The molecular formula is C12H8BrNO4S. The van der Waals surface area contributed by atoms with Crippen molar-refractivity contribution in [1.29, 1.82) is 0 Å². The van der Waals surface area contributed by atoms with Crippen molar-refractivity contribution in [3.63, 3.8) is 0 Å². The number of nitro benzene ring substituents is 1. The maximum absolute atomic E-state index is 11.8. The maximum atomic E-state index is 11.8. The molecule has 5 nitrogen and oxygen atoms in total. The van der Waals surface area contributed by atoms with Crippen molar-refractivity contribution < 1.29 is 14.5 Å². The summed E-state index contributed by atoms with van der Waals surface area (Å²) in [5.74, 6) is 0.295. The number of hydrogen-bond acceptors (Lipinski definition) is 5. The molecule has 1 heterocycles. The molecule has 0 spiro atoms. The Hall–Kier alpha value is -1.73. The standard InChI is InChI=1S/C12H8BrNO4S/c13-12-6-5-11(19-12)10(15)7-18-9-3-1-8(2-4-9)14(16)17/h1-6H,7H2. The highest BCUT2D eigenvalue weighted by Crippen LogP contribution is 2.23. The first-order valence-electron chi connectivity index (χ1n) is 5.22. The van der Waals surface area contributed by atoms with Crippen LogP contribution in [0.2, 0.25) is 0 Å². The van der Waals surface area contributed by atoms with Gasteiger partial charge in [0.2, 0.25) is 5.78 Å². The number of halogens is 1. The zero-order valence-electron chi connectivity index (χ0n) is 9.54. The summed E-state index contributed by atoms with van der Waals surface area (Å²) in [4.78, 5) is 22.4. The van der Waals surface area contributed by atoms with Crippen LogP contribution in [0, 0.1) is 10.1 Å². The number of rotatable bonds is 5. The summed E-state index contributed by atoms with van der Waals surface area (Å²) in [7, 11) is 0. The Morgan fingerprint density at radius 3 is 2.47 bits per heavy atom. The summed E-state index contributed by atoms with van der Waals surface area (Å²) < 4.78 is 6.17. The van der Waals surface area contributed by atoms with Crippen molar-refractivity contribution in [3.05, 3.63) is 55.2 Å². The van der Waals surface area contributed by atoms with Gasteiger partial charge in [-0.2, -0.15) is 0 Å². The normalized spacial score (nSPS) is 10.2. The molecule has 0 saturated heterocycles. The third-order valence-corrected chi connectivity index (χ3v) is 3.93. The van der Waals surface area contributed by atoms with Crippen molar-refractivity contribution in [2.45, 2.75) is 0 Å². The van der Waals surface area contributed by atoms with Crippen molar-refractivity contribution >= 4 is 38.7 Å². The molecule has 0 bridgehead atoms. The molecule has 98 valence electrons. The minimum atomic E-state index is -0.488. The number of nitrogens with zero attached hydrogens (tertiary/aromatic N) is 1. The van der Waals surface area contributed by atoms with E-state index in [2.05, 4.69) is 15.9 Å². The SMILES string of the molecule is O=C(COc1ccc([N+](=O)[O-])cc1)c1ccc(Br)s1. The second-order valence-electron chi connectivity index (χ2n) is 3.57. The van der Waals surface area contributed by atoms with Gasteiger partial charge in [0, 0.05) is 12.1 Å². The molecule has 0 aliphatic rings. The first kappa shape index (κ1) is 13.7. The van der Waals surface area contributed by atoms with E-state index in [9.17, 15) is 14.9 Å². The molecule has 2 rings (SSSR count). The van der Waals surface area contributed by atoms with Gasteiger partial charge in [-0.3, -0.25) is 14.9 Å². The van der Waals surface area contributed by atoms with E-state index in [0.717, 1.165) is 3.79 Å². The highest BCUT2D eigenvalue weighted by molar-refractivity contribution is 9.11. The quantitative estimate of drug-likeness (QED) is 0.472. The van der Waals surface area contributed by atoms with Gasteiger partial charge >= 0.3 is 0 Å². The summed E-state index contributed by atoms with van der Waals surface area (Å²) in [5.41, 5.74) is -0.0131. The van der Waals surface area contributed by atoms with Gasteiger partial charge < -0.3 is 4.74 Å². The number of non-ortho nitro benzene ring substituents is 1. The summed E-state index contributed by atoms with van der Waals surface area (Å²) in [6.07, 6.45) is 0. The summed E-state index contributed by atoms with van der Waals surface area (Å²) in [6, 6.07) is 9.12. The monoisotopic (exact) mass is 341 g/mol. The predicted octanol–water partition coefficient (Wildman–Crippen LogP) is 3.68. The molecule has 0 aliphatic heterocycles. The van der Waals surface area contributed by atoms with Gasteiger partial charge in [-0.05, 0) is 40.2 Å². The van der Waals surface area contributed by atoms with Crippen LogP contribution in [0.15, 0.2) is 40.2 Å². The molecule has 0 aliphatic carbocycles. The number of ether oxygens (including phenoxy) is 1. The molecule has 1 aromatic carbocycles. The Bertz CT molecular complexity index is 608. The second kappa shape index (κ2) is 5.94. The third-order valence-electron chi connectivity index (χ3n) is 2.27. The van der Waals surface area contributed by atoms with Crippen molar-refractivity contribution in [1.82, 2.24) is 0 Å². The number of benzene rings is 1. The minimum absolute atomic E-state index is 0.0131. The Labute approximate surface area is 121 Å². The highest BCUT2D eigenvalue weighted by atomic mass is 79.9. The van der Waals surface area contributed by atoms with E-state index < -0.39 is 4.92 Å². The van der Waals surface area contributed by atoms with Gasteiger partial charge in [-0.1, -0.05) is 0 Å². The van der Waals surface area contributed by atoms with Gasteiger partial charge in [0.05, 0.1) is 13.6 Å². The van der Waals surface area contributed by atoms with Gasteiger partial charge in [-0.25, -0.2) is 0 Å². The third kappa shape index (κ3) is 3.62. The molecule has 19 heavy (non-hydrogen) atoms. The largest absolute Gasteiger partial charge is 0.485 e. The van der Waals surface area contributed by atoms with E-state index in [4.69, 9.17) is 4.74 Å². The molecule has 0 unspecified atom stereocenters. The van der Waals surface area contributed by atoms with Crippen LogP contribution < -0.4 is 4.74 Å². The van der Waals surface area contributed by atoms with Crippen LogP contribution in [-0.2, 0) is 0 Å². The average molecular weight is 342 g/mol. The Morgan fingerprint density at radius 2 is 1.95 bits per heavy atom. The first-order valence-corrected chi connectivity index (χ1v) is 6.83. The molecule has 0 atom stereocenters. The topological polar surface area (TPSA) is 69.4 Å². The van der Waals surface area contributed by atoms with Crippen LogP contribution in [0.4, 0.5) is 5.69 Å². The zero-order valence-corrected chi connectivity index (χ0v) is 11.9. The van der Waals surface area contributed by atoms with E-state index in [1.165, 1.54) is 35.6 Å². The van der Waals surface area contributed by atoms with Gasteiger partial charge in [0.25, 0.3) is 5.69 Å². The molecule has 0 saturated carbocycles. The number of nitro groups is 1. The van der Waals surface area contributed by atoms with Crippen LogP contribution in [-0.4, -0.2) is 17.3 Å². The fraction of sp³-hybridized carbons (Fsp3) is 0.0833. The number of ketones is 1. The molecule has 2 aromatic rings. The highest BCUT2D eigenvalue weighted by Gasteiger charge is 2.10. The molecular weight excluding hydrogens is 334 g/mol. The minimum Gasteiger partial charge on any atom is -0.485 e. The Balaban J connectivity index is 1.95. The first-order chi connectivity index (χ1) is 9.06. The smallest absolute Gasteiger partial charge is 0.269 e. The van der Waals surface area contributed by atoms with Crippen LogP contribution in [0.5, 0.6) is 5.75 Å². The van der Waals surface area contributed by atoms with E-state index in [0.29, 0.717) is 10.6 Å². The van der Waals surface area contributed by atoms with Crippen LogP contribution >= 0.6 is 27.3 Å². The number of Topliss-reactive ketones (excluding diaryl/α,β-unsaturated/α-hetero) is 1. The molecule has 1 aromatic heterocycles. The fourth-order valence-electron chi connectivity index (χ4n) is 1.35. The number of carbonyl (C=O) groups excluding carboxylic acids is 1. The predicted molar refractivity (Wildman–Crippen MR) is 74.9 cm³/mol. The molecule has 0 radical (unpaired) electrons. The zero-order chi connectivity index (χ0) is 13.8. The summed E-state index contributed by atoms with van der Waals surface area (Å²) in [5, 5.41) is 10.5. The van der Waals surface area contributed by atoms with Gasteiger partial charge in [-0.15, -0.1) is 11.3 Å². The van der Waals surface area contributed by atoms with Crippen LogP contribution in [0.25, 0.3) is 0 Å². The molecule has 0 fully saturated rings. The van der Waals surface area contributed by atoms with Crippen molar-refractivity contribution in [2.24, 2.45) is 0 Å². The van der Waals surface area contributed by atoms with Gasteiger partial charge in [0.15, 0.2) is 6.61 Å². The molecule has 7 heteroatoms.